The van der Waals surface area contributed by atoms with Gasteiger partial charge in [0.05, 0.1) is 12.0 Å². The van der Waals surface area contributed by atoms with Gasteiger partial charge in [-0.25, -0.2) is 4.79 Å². The minimum atomic E-state index is -0.961. The normalized spacial score (nSPS) is 24.6. The molecule has 4 nitrogen and oxygen atoms in total. The number of likely N-dealkylation sites (tertiary alicyclic amines) is 1. The van der Waals surface area contributed by atoms with E-state index in [4.69, 9.17) is 0 Å². The van der Waals surface area contributed by atoms with Gasteiger partial charge in [0.2, 0.25) is 5.91 Å². The molecule has 22 heavy (non-hydrogen) atoms. The van der Waals surface area contributed by atoms with Crippen molar-refractivity contribution >= 4 is 11.9 Å². The number of carbonyl (C=O) groups is 2. The lowest BCUT2D eigenvalue weighted by Crippen LogP contribution is -2.50. The molecule has 4 heteroatoms. The summed E-state index contributed by atoms with van der Waals surface area (Å²) in [6, 6.07) is 7.21. The van der Waals surface area contributed by atoms with Crippen molar-refractivity contribution in [1.82, 2.24) is 4.90 Å². The fourth-order valence-corrected chi connectivity index (χ4v) is 4.08. The Morgan fingerprint density at radius 2 is 1.82 bits per heavy atom. The Kier molecular flexibility index (Phi) is 4.46. The molecule has 2 fully saturated rings. The molecular weight excluding hydrogens is 278 g/mol. The minimum absolute atomic E-state index is 0.0882. The van der Waals surface area contributed by atoms with E-state index >= 15 is 0 Å². The number of rotatable bonds is 3. The number of nitrogens with zero attached hydrogens (tertiary/aromatic N) is 1. The molecule has 118 valence electrons. The van der Waals surface area contributed by atoms with Gasteiger partial charge in [0, 0.05) is 12.6 Å². The highest BCUT2D eigenvalue weighted by atomic mass is 16.4. The number of piperidine rings is 1. The molecule has 0 radical (unpaired) electrons. The van der Waals surface area contributed by atoms with Crippen LogP contribution in [0.2, 0.25) is 0 Å². The topological polar surface area (TPSA) is 57.6 Å². The van der Waals surface area contributed by atoms with E-state index in [9.17, 15) is 14.7 Å². The van der Waals surface area contributed by atoms with Gasteiger partial charge in [-0.1, -0.05) is 31.0 Å². The second-order valence-corrected chi connectivity index (χ2v) is 6.48. The molecule has 1 aliphatic heterocycles. The zero-order valence-electron chi connectivity index (χ0n) is 12.8. The van der Waals surface area contributed by atoms with Crippen LogP contribution in [-0.2, 0) is 11.2 Å². The monoisotopic (exact) mass is 301 g/mol. The molecule has 2 atom stereocenters. The summed E-state index contributed by atoms with van der Waals surface area (Å²) in [5.41, 5.74) is 0.867. The highest BCUT2D eigenvalue weighted by Crippen LogP contribution is 2.35. The van der Waals surface area contributed by atoms with Crippen molar-refractivity contribution in [2.24, 2.45) is 5.92 Å². The molecule has 1 aromatic rings. The van der Waals surface area contributed by atoms with E-state index in [1.807, 2.05) is 4.90 Å². The lowest BCUT2D eigenvalue weighted by molar-refractivity contribution is -0.136. The second kappa shape index (κ2) is 6.51. The molecule has 1 heterocycles. The quantitative estimate of drug-likeness (QED) is 0.933. The van der Waals surface area contributed by atoms with E-state index in [0.29, 0.717) is 17.5 Å². The Morgan fingerprint density at radius 3 is 2.64 bits per heavy atom. The zero-order chi connectivity index (χ0) is 15.5. The van der Waals surface area contributed by atoms with E-state index < -0.39 is 5.97 Å². The molecule has 1 aliphatic carbocycles. The fourth-order valence-electron chi connectivity index (χ4n) is 4.08. The number of carboxylic acids is 1. The third-order valence-electron chi connectivity index (χ3n) is 5.15. The SMILES string of the molecule is O=C(O)c1ccccc1CC(=O)N1CCC[C@H]2CCCC[C@H]21. The molecule has 0 unspecified atom stereocenters. The Bertz CT molecular complexity index is 567. The minimum Gasteiger partial charge on any atom is -0.478 e. The highest BCUT2D eigenvalue weighted by molar-refractivity contribution is 5.91. The fraction of sp³-hybridized carbons (Fsp3) is 0.556. The molecule has 3 rings (SSSR count). The number of carboxylic acid groups (broad SMARTS) is 1. The predicted molar refractivity (Wildman–Crippen MR) is 83.8 cm³/mol. The first kappa shape index (κ1) is 15.1. The third kappa shape index (κ3) is 3.01. The molecule has 1 aromatic carbocycles. The van der Waals surface area contributed by atoms with E-state index in [0.717, 1.165) is 19.4 Å². The molecule has 1 saturated carbocycles. The van der Waals surface area contributed by atoms with Crippen LogP contribution in [0.15, 0.2) is 24.3 Å². The maximum atomic E-state index is 12.7. The van der Waals surface area contributed by atoms with Crippen LogP contribution in [-0.4, -0.2) is 34.5 Å². The number of benzene rings is 1. The molecule has 2 aliphatic rings. The Labute approximate surface area is 131 Å². The van der Waals surface area contributed by atoms with Crippen molar-refractivity contribution in [1.29, 1.82) is 0 Å². The van der Waals surface area contributed by atoms with E-state index in [-0.39, 0.29) is 17.9 Å². The van der Waals surface area contributed by atoms with Crippen LogP contribution in [0.25, 0.3) is 0 Å². The summed E-state index contributed by atoms with van der Waals surface area (Å²) in [5, 5.41) is 9.25. The van der Waals surface area contributed by atoms with Gasteiger partial charge in [-0.05, 0) is 43.2 Å². The lowest BCUT2D eigenvalue weighted by Gasteiger charge is -2.44. The Hall–Kier alpha value is -1.84. The Balaban J connectivity index is 1.75. The van der Waals surface area contributed by atoms with Crippen LogP contribution in [0.5, 0.6) is 0 Å². The zero-order valence-corrected chi connectivity index (χ0v) is 12.8. The first-order valence-corrected chi connectivity index (χ1v) is 8.27. The van der Waals surface area contributed by atoms with Crippen molar-refractivity contribution in [3.63, 3.8) is 0 Å². The molecule has 1 saturated heterocycles. The first-order valence-electron chi connectivity index (χ1n) is 8.27. The number of hydrogen-bond donors (Lipinski definition) is 1. The summed E-state index contributed by atoms with van der Waals surface area (Å²) in [4.78, 5) is 26.0. The molecule has 0 aromatic heterocycles. The Morgan fingerprint density at radius 1 is 1.09 bits per heavy atom. The predicted octanol–water partition coefficient (Wildman–Crippen LogP) is 3.11. The van der Waals surface area contributed by atoms with Crippen molar-refractivity contribution in [3.8, 4) is 0 Å². The largest absolute Gasteiger partial charge is 0.478 e. The maximum absolute atomic E-state index is 12.7. The van der Waals surface area contributed by atoms with Crippen LogP contribution in [0.3, 0.4) is 0 Å². The van der Waals surface area contributed by atoms with E-state index in [1.54, 1.807) is 24.3 Å². The van der Waals surface area contributed by atoms with Gasteiger partial charge in [0.1, 0.15) is 0 Å². The number of hydrogen-bond acceptors (Lipinski definition) is 2. The maximum Gasteiger partial charge on any atom is 0.335 e. The van der Waals surface area contributed by atoms with Gasteiger partial charge in [0.15, 0.2) is 0 Å². The summed E-state index contributed by atoms with van der Waals surface area (Å²) in [6.45, 7) is 0.829. The van der Waals surface area contributed by atoms with Gasteiger partial charge in [0.25, 0.3) is 0 Å². The summed E-state index contributed by atoms with van der Waals surface area (Å²) < 4.78 is 0. The molecule has 1 N–H and O–H groups in total. The van der Waals surface area contributed by atoms with Gasteiger partial charge >= 0.3 is 5.97 Å². The molecule has 1 amide bonds. The number of aromatic carboxylic acids is 1. The van der Waals surface area contributed by atoms with Crippen molar-refractivity contribution in [2.75, 3.05) is 6.54 Å². The van der Waals surface area contributed by atoms with Crippen LogP contribution in [0.4, 0.5) is 0 Å². The van der Waals surface area contributed by atoms with Crippen LogP contribution < -0.4 is 0 Å². The van der Waals surface area contributed by atoms with Crippen molar-refractivity contribution < 1.29 is 14.7 Å². The first-order chi connectivity index (χ1) is 10.7. The summed E-state index contributed by atoms with van der Waals surface area (Å²) >= 11 is 0. The van der Waals surface area contributed by atoms with Gasteiger partial charge in [-0.2, -0.15) is 0 Å². The van der Waals surface area contributed by atoms with E-state index in [1.165, 1.54) is 25.7 Å². The van der Waals surface area contributed by atoms with Crippen molar-refractivity contribution in [3.05, 3.63) is 35.4 Å². The highest BCUT2D eigenvalue weighted by Gasteiger charge is 2.35. The van der Waals surface area contributed by atoms with Gasteiger partial charge < -0.3 is 10.0 Å². The number of amides is 1. The lowest BCUT2D eigenvalue weighted by atomic mass is 9.78. The third-order valence-corrected chi connectivity index (χ3v) is 5.15. The summed E-state index contributed by atoms with van der Waals surface area (Å²) in [7, 11) is 0. The average Bonchev–Trinajstić information content (AvgIpc) is 2.54. The molecule has 0 bridgehead atoms. The van der Waals surface area contributed by atoms with Gasteiger partial charge in [-0.15, -0.1) is 0 Å². The average molecular weight is 301 g/mol. The summed E-state index contributed by atoms with van der Waals surface area (Å²) in [6.07, 6.45) is 7.35. The summed E-state index contributed by atoms with van der Waals surface area (Å²) in [5.74, 6) is -0.218. The smallest absolute Gasteiger partial charge is 0.335 e. The van der Waals surface area contributed by atoms with Gasteiger partial charge in [-0.3, -0.25) is 4.79 Å². The van der Waals surface area contributed by atoms with Crippen LogP contribution in [0.1, 0.15) is 54.4 Å². The molecular formula is C18H23NO3. The standard InChI is InChI=1S/C18H23NO3/c20-17(12-14-7-1-3-9-15(14)18(21)22)19-11-5-8-13-6-2-4-10-16(13)19/h1,3,7,9,13,16H,2,4-6,8,10-12H2,(H,21,22)/t13-,16-/m1/s1. The molecule has 0 spiro atoms. The second-order valence-electron chi connectivity index (χ2n) is 6.48. The number of carbonyl (C=O) groups excluding carboxylic acids is 1. The van der Waals surface area contributed by atoms with Crippen LogP contribution in [0, 0.1) is 5.92 Å². The van der Waals surface area contributed by atoms with Crippen LogP contribution >= 0.6 is 0 Å². The van der Waals surface area contributed by atoms with E-state index in [2.05, 4.69) is 0 Å². The number of fused-ring (bicyclic) bond motifs is 1. The van der Waals surface area contributed by atoms with Crippen molar-refractivity contribution in [2.45, 2.75) is 51.0 Å².